The average molecular weight is 291 g/mol. The molecule has 0 aliphatic carbocycles. The van der Waals surface area contributed by atoms with Crippen LogP contribution in [0.25, 0.3) is 0 Å². The highest BCUT2D eigenvalue weighted by Crippen LogP contribution is 2.22. The van der Waals surface area contributed by atoms with Gasteiger partial charge in [-0.15, -0.1) is 0 Å². The SMILES string of the molecule is CC(C)C(CNC(C/C(N)=N/O)c1ccccc1)C(C)C. The molecule has 1 aromatic rings. The summed E-state index contributed by atoms with van der Waals surface area (Å²) in [6.45, 7) is 9.95. The third kappa shape index (κ3) is 5.76. The van der Waals surface area contributed by atoms with Crippen LogP contribution in [0.4, 0.5) is 0 Å². The van der Waals surface area contributed by atoms with Crippen molar-refractivity contribution in [2.24, 2.45) is 28.6 Å². The number of nitrogens with zero attached hydrogens (tertiary/aromatic N) is 1. The van der Waals surface area contributed by atoms with Gasteiger partial charge in [0, 0.05) is 12.5 Å². The second kappa shape index (κ2) is 8.67. The Morgan fingerprint density at radius 1 is 1.14 bits per heavy atom. The van der Waals surface area contributed by atoms with E-state index in [-0.39, 0.29) is 11.9 Å². The Morgan fingerprint density at radius 3 is 2.19 bits per heavy atom. The van der Waals surface area contributed by atoms with Crippen LogP contribution in [0.1, 0.15) is 45.7 Å². The van der Waals surface area contributed by atoms with E-state index in [0.29, 0.717) is 24.2 Å². The van der Waals surface area contributed by atoms with Crippen molar-refractivity contribution in [2.75, 3.05) is 6.54 Å². The van der Waals surface area contributed by atoms with Crippen LogP contribution in [0.2, 0.25) is 0 Å². The predicted molar refractivity (Wildman–Crippen MR) is 88.4 cm³/mol. The van der Waals surface area contributed by atoms with Crippen molar-refractivity contribution in [3.63, 3.8) is 0 Å². The predicted octanol–water partition coefficient (Wildman–Crippen LogP) is 3.38. The van der Waals surface area contributed by atoms with Gasteiger partial charge in [0.15, 0.2) is 0 Å². The second-order valence-corrected chi connectivity index (χ2v) is 6.32. The first-order chi connectivity index (χ1) is 9.95. The minimum atomic E-state index is 0.0714. The lowest BCUT2D eigenvalue weighted by Gasteiger charge is -2.28. The molecule has 1 unspecified atom stereocenters. The molecule has 0 aliphatic heterocycles. The van der Waals surface area contributed by atoms with Gasteiger partial charge in [0.25, 0.3) is 0 Å². The molecule has 4 N–H and O–H groups in total. The molecule has 0 radical (unpaired) electrons. The van der Waals surface area contributed by atoms with Gasteiger partial charge in [-0.1, -0.05) is 63.2 Å². The number of nitrogens with two attached hydrogens (primary N) is 1. The van der Waals surface area contributed by atoms with Gasteiger partial charge in [-0.2, -0.15) is 0 Å². The lowest BCUT2D eigenvalue weighted by atomic mass is 9.85. The van der Waals surface area contributed by atoms with Gasteiger partial charge < -0.3 is 16.3 Å². The number of benzene rings is 1. The number of oxime groups is 1. The fraction of sp³-hybridized carbons (Fsp3) is 0.588. The largest absolute Gasteiger partial charge is 0.409 e. The Bertz CT molecular complexity index is 421. The Kier molecular flexibility index (Phi) is 7.23. The van der Waals surface area contributed by atoms with Crippen molar-refractivity contribution in [1.29, 1.82) is 0 Å². The Balaban J connectivity index is 2.78. The molecule has 0 spiro atoms. The van der Waals surface area contributed by atoms with E-state index in [1.54, 1.807) is 0 Å². The number of hydrogen-bond donors (Lipinski definition) is 3. The molecule has 21 heavy (non-hydrogen) atoms. The third-order valence-corrected chi connectivity index (χ3v) is 4.06. The van der Waals surface area contributed by atoms with E-state index in [1.165, 1.54) is 0 Å². The van der Waals surface area contributed by atoms with Crippen molar-refractivity contribution in [3.8, 4) is 0 Å². The van der Waals surface area contributed by atoms with E-state index < -0.39 is 0 Å². The summed E-state index contributed by atoms with van der Waals surface area (Å²) in [5.41, 5.74) is 6.86. The highest BCUT2D eigenvalue weighted by Gasteiger charge is 2.20. The molecular formula is C17H29N3O. The first kappa shape index (κ1) is 17.5. The molecule has 0 aliphatic rings. The Hall–Kier alpha value is -1.55. The summed E-state index contributed by atoms with van der Waals surface area (Å²) in [5.74, 6) is 2.10. The quantitative estimate of drug-likeness (QED) is 0.297. The van der Waals surface area contributed by atoms with Gasteiger partial charge in [0.2, 0.25) is 0 Å². The maximum atomic E-state index is 8.82. The lowest BCUT2D eigenvalue weighted by Crippen LogP contribution is -2.34. The van der Waals surface area contributed by atoms with E-state index >= 15 is 0 Å². The average Bonchev–Trinajstić information content (AvgIpc) is 2.46. The fourth-order valence-electron chi connectivity index (χ4n) is 2.76. The molecule has 4 heteroatoms. The molecule has 0 bridgehead atoms. The molecule has 0 aromatic heterocycles. The molecule has 1 atom stereocenters. The molecular weight excluding hydrogens is 262 g/mol. The van der Waals surface area contributed by atoms with Gasteiger partial charge >= 0.3 is 0 Å². The number of rotatable bonds is 8. The van der Waals surface area contributed by atoms with Crippen LogP contribution in [0.5, 0.6) is 0 Å². The van der Waals surface area contributed by atoms with Gasteiger partial charge in [0.1, 0.15) is 5.84 Å². The smallest absolute Gasteiger partial charge is 0.141 e. The second-order valence-electron chi connectivity index (χ2n) is 6.32. The lowest BCUT2D eigenvalue weighted by molar-refractivity contribution is 0.265. The van der Waals surface area contributed by atoms with Crippen molar-refractivity contribution in [3.05, 3.63) is 35.9 Å². The minimum Gasteiger partial charge on any atom is -0.409 e. The van der Waals surface area contributed by atoms with Crippen molar-refractivity contribution < 1.29 is 5.21 Å². The van der Waals surface area contributed by atoms with Crippen LogP contribution in [0, 0.1) is 17.8 Å². The number of hydrogen-bond acceptors (Lipinski definition) is 3. The van der Waals surface area contributed by atoms with Gasteiger partial charge in [-0.25, -0.2) is 0 Å². The number of nitrogens with one attached hydrogen (secondary N) is 1. The highest BCUT2D eigenvalue weighted by atomic mass is 16.4. The van der Waals surface area contributed by atoms with Crippen molar-refractivity contribution >= 4 is 5.84 Å². The topological polar surface area (TPSA) is 70.6 Å². The van der Waals surface area contributed by atoms with E-state index in [0.717, 1.165) is 12.1 Å². The summed E-state index contributed by atoms with van der Waals surface area (Å²) in [7, 11) is 0. The van der Waals surface area contributed by atoms with Crippen LogP contribution in [-0.4, -0.2) is 17.6 Å². The molecule has 0 saturated carbocycles. The summed E-state index contributed by atoms with van der Waals surface area (Å²) in [6, 6.07) is 10.2. The van der Waals surface area contributed by atoms with E-state index in [2.05, 4.69) is 50.3 Å². The van der Waals surface area contributed by atoms with E-state index in [1.807, 2.05) is 18.2 Å². The summed E-state index contributed by atoms with van der Waals surface area (Å²) >= 11 is 0. The molecule has 0 amide bonds. The maximum Gasteiger partial charge on any atom is 0.141 e. The van der Waals surface area contributed by atoms with Crippen LogP contribution >= 0.6 is 0 Å². The van der Waals surface area contributed by atoms with Crippen molar-refractivity contribution in [2.45, 2.75) is 40.2 Å². The molecule has 0 fully saturated rings. The Morgan fingerprint density at radius 2 is 1.71 bits per heavy atom. The molecule has 118 valence electrons. The van der Waals surface area contributed by atoms with Gasteiger partial charge in [-0.05, 0) is 29.9 Å². The van der Waals surface area contributed by atoms with E-state index in [4.69, 9.17) is 10.9 Å². The molecule has 1 aromatic carbocycles. The zero-order valence-corrected chi connectivity index (χ0v) is 13.6. The minimum absolute atomic E-state index is 0.0714. The normalized spacial score (nSPS) is 14.1. The molecule has 4 nitrogen and oxygen atoms in total. The van der Waals surface area contributed by atoms with E-state index in [9.17, 15) is 0 Å². The van der Waals surface area contributed by atoms with Gasteiger partial charge in [-0.3, -0.25) is 0 Å². The van der Waals surface area contributed by atoms with Crippen LogP contribution in [0.15, 0.2) is 35.5 Å². The molecule has 0 saturated heterocycles. The zero-order valence-electron chi connectivity index (χ0n) is 13.6. The Labute approximate surface area is 128 Å². The standard InChI is InChI=1S/C17H29N3O/c1-12(2)15(13(3)4)11-19-16(10-17(18)20-21)14-8-6-5-7-9-14/h5-9,12-13,15-16,19,21H,10-11H2,1-4H3,(H2,18,20). The van der Waals surface area contributed by atoms with Crippen molar-refractivity contribution in [1.82, 2.24) is 5.32 Å². The summed E-state index contributed by atoms with van der Waals surface area (Å²) < 4.78 is 0. The van der Waals surface area contributed by atoms with Crippen LogP contribution in [-0.2, 0) is 0 Å². The van der Waals surface area contributed by atoms with Crippen LogP contribution < -0.4 is 11.1 Å². The zero-order chi connectivity index (χ0) is 15.8. The highest BCUT2D eigenvalue weighted by molar-refractivity contribution is 5.80. The summed E-state index contributed by atoms with van der Waals surface area (Å²) in [5, 5.41) is 15.5. The van der Waals surface area contributed by atoms with Gasteiger partial charge in [0.05, 0.1) is 0 Å². The van der Waals surface area contributed by atoms with Crippen LogP contribution in [0.3, 0.4) is 0 Å². The maximum absolute atomic E-state index is 8.82. The number of amidine groups is 1. The molecule has 1 rings (SSSR count). The summed E-state index contributed by atoms with van der Waals surface area (Å²) in [6.07, 6.45) is 0.503. The first-order valence-electron chi connectivity index (χ1n) is 7.70. The monoisotopic (exact) mass is 291 g/mol. The first-order valence-corrected chi connectivity index (χ1v) is 7.70. The third-order valence-electron chi connectivity index (χ3n) is 4.06. The fourth-order valence-corrected chi connectivity index (χ4v) is 2.76. The molecule has 0 heterocycles. The summed E-state index contributed by atoms with van der Waals surface area (Å²) in [4.78, 5) is 0.